The van der Waals surface area contributed by atoms with E-state index >= 15 is 0 Å². The molecule has 1 aliphatic carbocycles. The van der Waals surface area contributed by atoms with Crippen LogP contribution in [0.2, 0.25) is 0 Å². The van der Waals surface area contributed by atoms with Gasteiger partial charge in [-0.2, -0.15) is 13.2 Å². The summed E-state index contributed by atoms with van der Waals surface area (Å²) in [6.07, 6.45) is 0.682. The molecule has 0 aliphatic heterocycles. The van der Waals surface area contributed by atoms with Crippen molar-refractivity contribution in [3.05, 3.63) is 47.5 Å². The first-order valence-electron chi connectivity index (χ1n) is 5.03. The number of hydrogen-bond donors (Lipinski definition) is 1. The van der Waals surface area contributed by atoms with Crippen molar-refractivity contribution in [3.63, 3.8) is 0 Å². The van der Waals surface area contributed by atoms with E-state index in [1.54, 1.807) is 6.07 Å². The lowest BCUT2D eigenvalue weighted by Crippen LogP contribution is -2.33. The van der Waals surface area contributed by atoms with Gasteiger partial charge in [0.2, 0.25) is 0 Å². The third-order valence-electron chi connectivity index (χ3n) is 2.90. The molecule has 0 unspecified atom stereocenters. The van der Waals surface area contributed by atoms with Crippen LogP contribution in [0.4, 0.5) is 13.2 Å². The van der Waals surface area contributed by atoms with Crippen molar-refractivity contribution in [1.82, 2.24) is 0 Å². The molecule has 1 aromatic rings. The molecule has 0 saturated heterocycles. The standard InChI is InChI=1S/C12H12F3N/c13-12(14,15)10-5-3-4-9(8-10)11(16)6-1-2-7-11/h1-5,8H,6-7,16H2. The van der Waals surface area contributed by atoms with Gasteiger partial charge < -0.3 is 5.73 Å². The maximum atomic E-state index is 12.5. The van der Waals surface area contributed by atoms with Crippen molar-refractivity contribution >= 4 is 0 Å². The minimum atomic E-state index is -4.31. The monoisotopic (exact) mass is 227 g/mol. The quantitative estimate of drug-likeness (QED) is 0.732. The molecule has 2 rings (SSSR count). The summed E-state index contributed by atoms with van der Waals surface area (Å²) < 4.78 is 37.6. The lowest BCUT2D eigenvalue weighted by atomic mass is 9.88. The highest BCUT2D eigenvalue weighted by molar-refractivity contribution is 5.33. The van der Waals surface area contributed by atoms with E-state index in [1.807, 2.05) is 12.2 Å². The fourth-order valence-electron chi connectivity index (χ4n) is 1.91. The minimum absolute atomic E-state index is 0.548. The first-order chi connectivity index (χ1) is 7.42. The summed E-state index contributed by atoms with van der Waals surface area (Å²) in [6.45, 7) is 0. The molecule has 0 aromatic heterocycles. The van der Waals surface area contributed by atoms with E-state index in [2.05, 4.69) is 0 Å². The van der Waals surface area contributed by atoms with Crippen LogP contribution in [-0.4, -0.2) is 0 Å². The molecular weight excluding hydrogens is 215 g/mol. The van der Waals surface area contributed by atoms with Crippen LogP contribution in [0.15, 0.2) is 36.4 Å². The highest BCUT2D eigenvalue weighted by Gasteiger charge is 2.33. The van der Waals surface area contributed by atoms with Crippen LogP contribution < -0.4 is 5.73 Å². The largest absolute Gasteiger partial charge is 0.416 e. The summed E-state index contributed by atoms with van der Waals surface area (Å²) in [5.74, 6) is 0. The Labute approximate surface area is 91.8 Å². The van der Waals surface area contributed by atoms with Crippen LogP contribution >= 0.6 is 0 Å². The SMILES string of the molecule is NC1(c2cccc(C(F)(F)F)c2)CC=CC1. The number of rotatable bonds is 1. The van der Waals surface area contributed by atoms with Crippen molar-refractivity contribution < 1.29 is 13.2 Å². The second-order valence-corrected chi connectivity index (χ2v) is 4.11. The zero-order valence-corrected chi connectivity index (χ0v) is 8.59. The van der Waals surface area contributed by atoms with E-state index in [0.29, 0.717) is 18.4 Å². The van der Waals surface area contributed by atoms with Crippen molar-refractivity contribution in [2.45, 2.75) is 24.6 Å². The van der Waals surface area contributed by atoms with Gasteiger partial charge in [0, 0.05) is 5.54 Å². The molecule has 0 bridgehead atoms. The topological polar surface area (TPSA) is 26.0 Å². The maximum Gasteiger partial charge on any atom is 0.416 e. The predicted octanol–water partition coefficient (Wildman–Crippen LogP) is 3.21. The Morgan fingerprint density at radius 1 is 1.12 bits per heavy atom. The molecule has 1 aromatic carbocycles. The molecular formula is C12H12F3N. The summed E-state index contributed by atoms with van der Waals surface area (Å²) >= 11 is 0. The molecule has 0 atom stereocenters. The van der Waals surface area contributed by atoms with Crippen LogP contribution in [0, 0.1) is 0 Å². The van der Waals surface area contributed by atoms with Crippen LogP contribution in [-0.2, 0) is 11.7 Å². The van der Waals surface area contributed by atoms with Crippen molar-refractivity contribution in [1.29, 1.82) is 0 Å². The molecule has 2 N–H and O–H groups in total. The minimum Gasteiger partial charge on any atom is -0.321 e. The zero-order chi connectivity index (χ0) is 11.8. The van der Waals surface area contributed by atoms with Gasteiger partial charge in [-0.25, -0.2) is 0 Å². The summed E-state index contributed by atoms with van der Waals surface area (Å²) in [5.41, 5.74) is 5.31. The smallest absolute Gasteiger partial charge is 0.321 e. The van der Waals surface area contributed by atoms with Crippen molar-refractivity contribution in [2.24, 2.45) is 5.73 Å². The van der Waals surface area contributed by atoms with E-state index in [-0.39, 0.29) is 0 Å². The average Bonchev–Trinajstić information content (AvgIpc) is 2.66. The first-order valence-corrected chi connectivity index (χ1v) is 5.03. The van der Waals surface area contributed by atoms with Crippen molar-refractivity contribution in [2.75, 3.05) is 0 Å². The Bertz CT molecular complexity index is 413. The lowest BCUT2D eigenvalue weighted by molar-refractivity contribution is -0.137. The molecule has 16 heavy (non-hydrogen) atoms. The van der Waals surface area contributed by atoms with Gasteiger partial charge in [-0.1, -0.05) is 24.3 Å². The van der Waals surface area contributed by atoms with E-state index in [1.165, 1.54) is 6.07 Å². The molecule has 4 heteroatoms. The van der Waals surface area contributed by atoms with Gasteiger partial charge in [-0.15, -0.1) is 0 Å². The molecule has 0 amide bonds. The normalized spacial score (nSPS) is 19.0. The van der Waals surface area contributed by atoms with E-state index in [4.69, 9.17) is 5.73 Å². The van der Waals surface area contributed by atoms with Gasteiger partial charge >= 0.3 is 6.18 Å². The van der Waals surface area contributed by atoms with E-state index in [0.717, 1.165) is 12.1 Å². The summed E-state index contributed by atoms with van der Waals surface area (Å²) in [4.78, 5) is 0. The highest BCUT2D eigenvalue weighted by atomic mass is 19.4. The molecule has 0 saturated carbocycles. The Morgan fingerprint density at radius 3 is 2.31 bits per heavy atom. The van der Waals surface area contributed by atoms with Gasteiger partial charge in [0.1, 0.15) is 0 Å². The summed E-state index contributed by atoms with van der Waals surface area (Å²) in [6, 6.07) is 5.27. The van der Waals surface area contributed by atoms with Gasteiger partial charge in [0.05, 0.1) is 5.56 Å². The second-order valence-electron chi connectivity index (χ2n) is 4.11. The zero-order valence-electron chi connectivity index (χ0n) is 8.59. The molecule has 0 spiro atoms. The molecule has 86 valence electrons. The molecule has 0 heterocycles. The van der Waals surface area contributed by atoms with E-state index < -0.39 is 17.3 Å². The van der Waals surface area contributed by atoms with Gasteiger partial charge in [0.15, 0.2) is 0 Å². The molecule has 0 fully saturated rings. The Hall–Kier alpha value is -1.29. The number of halogens is 3. The van der Waals surface area contributed by atoms with E-state index in [9.17, 15) is 13.2 Å². The second kappa shape index (κ2) is 3.63. The van der Waals surface area contributed by atoms with Crippen molar-refractivity contribution in [3.8, 4) is 0 Å². The highest BCUT2D eigenvalue weighted by Crippen LogP contribution is 2.35. The third kappa shape index (κ3) is 1.97. The Morgan fingerprint density at radius 2 is 1.75 bits per heavy atom. The Kier molecular flexibility index (Phi) is 2.54. The maximum absolute atomic E-state index is 12.5. The third-order valence-corrected chi connectivity index (χ3v) is 2.90. The number of nitrogens with two attached hydrogens (primary N) is 1. The van der Waals surface area contributed by atoms with Gasteiger partial charge in [0.25, 0.3) is 0 Å². The van der Waals surface area contributed by atoms with Gasteiger partial charge in [-0.3, -0.25) is 0 Å². The molecule has 0 radical (unpaired) electrons. The first kappa shape index (κ1) is 11.2. The average molecular weight is 227 g/mol. The number of hydrogen-bond acceptors (Lipinski definition) is 1. The van der Waals surface area contributed by atoms with Crippen LogP contribution in [0.5, 0.6) is 0 Å². The predicted molar refractivity (Wildman–Crippen MR) is 55.7 cm³/mol. The molecule has 1 nitrogen and oxygen atoms in total. The van der Waals surface area contributed by atoms with Crippen LogP contribution in [0.25, 0.3) is 0 Å². The number of benzene rings is 1. The Balaban J connectivity index is 2.36. The molecule has 1 aliphatic rings. The fraction of sp³-hybridized carbons (Fsp3) is 0.333. The lowest BCUT2D eigenvalue weighted by Gasteiger charge is -2.25. The number of alkyl halides is 3. The summed E-state index contributed by atoms with van der Waals surface area (Å²) in [7, 11) is 0. The van der Waals surface area contributed by atoms with Crippen LogP contribution in [0.3, 0.4) is 0 Å². The van der Waals surface area contributed by atoms with Crippen LogP contribution in [0.1, 0.15) is 24.0 Å². The van der Waals surface area contributed by atoms with Gasteiger partial charge in [-0.05, 0) is 30.5 Å². The fourth-order valence-corrected chi connectivity index (χ4v) is 1.91. The summed E-state index contributed by atoms with van der Waals surface area (Å²) in [5, 5.41) is 0.